The van der Waals surface area contributed by atoms with Crippen molar-refractivity contribution in [1.82, 2.24) is 0 Å². The fraction of sp³-hybridized carbons (Fsp3) is 0.143. The molecule has 0 saturated carbocycles. The van der Waals surface area contributed by atoms with Crippen LogP contribution in [0, 0.1) is 15.9 Å². The molecule has 1 aromatic rings. The lowest BCUT2D eigenvalue weighted by molar-refractivity contribution is -0.385. The Bertz CT molecular complexity index is 414. The topological polar surface area (TPSA) is 91.9 Å². The third kappa shape index (κ3) is 1.96. The number of hydrogen-bond donors (Lipinski definition) is 0. The SMILES string of the molecule is [N-]=[N+]=NCc1c(F)cccc1[N+](=O)[O-]. The van der Waals surface area contributed by atoms with E-state index in [-0.39, 0.29) is 17.8 Å². The first-order chi connectivity index (χ1) is 6.66. The van der Waals surface area contributed by atoms with Crippen molar-refractivity contribution in [3.8, 4) is 0 Å². The minimum absolute atomic E-state index is 0.199. The van der Waals surface area contributed by atoms with Gasteiger partial charge in [0.1, 0.15) is 5.82 Å². The van der Waals surface area contributed by atoms with Gasteiger partial charge in [-0.3, -0.25) is 10.1 Å². The zero-order valence-corrected chi connectivity index (χ0v) is 6.92. The molecule has 0 radical (unpaired) electrons. The van der Waals surface area contributed by atoms with Gasteiger partial charge >= 0.3 is 0 Å². The first-order valence-corrected chi connectivity index (χ1v) is 3.59. The molecule has 0 N–H and O–H groups in total. The van der Waals surface area contributed by atoms with Crippen molar-refractivity contribution in [2.75, 3.05) is 0 Å². The molecule has 6 nitrogen and oxygen atoms in total. The molecule has 0 spiro atoms. The van der Waals surface area contributed by atoms with Crippen LogP contribution in [0.3, 0.4) is 0 Å². The fourth-order valence-corrected chi connectivity index (χ4v) is 0.977. The van der Waals surface area contributed by atoms with E-state index >= 15 is 0 Å². The maximum atomic E-state index is 13.0. The Kier molecular flexibility index (Phi) is 2.98. The zero-order chi connectivity index (χ0) is 10.6. The fourth-order valence-electron chi connectivity index (χ4n) is 0.977. The van der Waals surface area contributed by atoms with Crippen molar-refractivity contribution >= 4 is 5.69 Å². The van der Waals surface area contributed by atoms with Gasteiger partial charge in [0, 0.05) is 11.0 Å². The lowest BCUT2D eigenvalue weighted by atomic mass is 10.2. The lowest BCUT2D eigenvalue weighted by Gasteiger charge is -1.99. The number of hydrogen-bond acceptors (Lipinski definition) is 3. The highest BCUT2D eigenvalue weighted by atomic mass is 19.1. The monoisotopic (exact) mass is 196 g/mol. The molecule has 0 aromatic heterocycles. The highest BCUT2D eigenvalue weighted by Crippen LogP contribution is 2.21. The van der Waals surface area contributed by atoms with Crippen LogP contribution in [0.25, 0.3) is 10.4 Å². The Morgan fingerprint density at radius 3 is 2.93 bits per heavy atom. The van der Waals surface area contributed by atoms with Crippen LogP contribution in [0.15, 0.2) is 23.3 Å². The predicted octanol–water partition coefficient (Wildman–Crippen LogP) is 2.54. The molecular weight excluding hydrogens is 191 g/mol. The van der Waals surface area contributed by atoms with Gasteiger partial charge in [-0.15, -0.1) is 0 Å². The smallest absolute Gasteiger partial charge is 0.258 e. The Morgan fingerprint density at radius 1 is 1.64 bits per heavy atom. The predicted molar refractivity (Wildman–Crippen MR) is 45.9 cm³/mol. The summed E-state index contributed by atoms with van der Waals surface area (Å²) in [6, 6.07) is 3.47. The summed E-state index contributed by atoms with van der Waals surface area (Å²) < 4.78 is 13.0. The van der Waals surface area contributed by atoms with Crippen molar-refractivity contribution < 1.29 is 9.31 Å². The molecule has 0 fully saturated rings. The van der Waals surface area contributed by atoms with Gasteiger partial charge in [0.05, 0.1) is 17.0 Å². The van der Waals surface area contributed by atoms with Crippen LogP contribution in [-0.2, 0) is 6.54 Å². The van der Waals surface area contributed by atoms with E-state index in [1.165, 1.54) is 6.07 Å². The standard InChI is InChI=1S/C7H5FN4O2/c8-6-2-1-3-7(12(13)14)5(6)4-10-11-9/h1-3H,4H2. The van der Waals surface area contributed by atoms with Crippen LogP contribution >= 0.6 is 0 Å². The van der Waals surface area contributed by atoms with Crippen LogP contribution in [-0.4, -0.2) is 4.92 Å². The van der Waals surface area contributed by atoms with E-state index in [1.54, 1.807) is 0 Å². The van der Waals surface area contributed by atoms with Crippen molar-refractivity contribution in [2.24, 2.45) is 5.11 Å². The van der Waals surface area contributed by atoms with Gasteiger partial charge < -0.3 is 0 Å². The summed E-state index contributed by atoms with van der Waals surface area (Å²) in [5.74, 6) is -0.744. The van der Waals surface area contributed by atoms with Gasteiger partial charge in [0.25, 0.3) is 5.69 Å². The molecule has 0 atom stereocenters. The quantitative estimate of drug-likeness (QED) is 0.244. The van der Waals surface area contributed by atoms with E-state index in [0.29, 0.717) is 0 Å². The van der Waals surface area contributed by atoms with Crippen LogP contribution in [0.4, 0.5) is 10.1 Å². The summed E-state index contributed by atoms with van der Waals surface area (Å²) in [5, 5.41) is 13.5. The minimum atomic E-state index is -0.744. The van der Waals surface area contributed by atoms with E-state index in [4.69, 9.17) is 5.53 Å². The number of azide groups is 1. The lowest BCUT2D eigenvalue weighted by Crippen LogP contribution is -1.97. The van der Waals surface area contributed by atoms with Gasteiger partial charge in [-0.05, 0) is 11.6 Å². The second-order valence-electron chi connectivity index (χ2n) is 2.38. The van der Waals surface area contributed by atoms with Crippen molar-refractivity contribution in [2.45, 2.75) is 6.54 Å². The van der Waals surface area contributed by atoms with E-state index in [0.717, 1.165) is 12.1 Å². The van der Waals surface area contributed by atoms with Gasteiger partial charge in [0.15, 0.2) is 0 Å². The summed E-state index contributed by atoms with van der Waals surface area (Å²) in [6.45, 7) is -0.362. The van der Waals surface area contributed by atoms with Gasteiger partial charge in [-0.2, -0.15) is 0 Å². The molecular formula is C7H5FN4O2. The first kappa shape index (κ1) is 9.94. The summed E-state index contributed by atoms with van der Waals surface area (Å²) in [4.78, 5) is 12.1. The molecule has 0 bridgehead atoms. The van der Waals surface area contributed by atoms with E-state index in [1.807, 2.05) is 0 Å². The Morgan fingerprint density at radius 2 is 2.36 bits per heavy atom. The molecule has 1 rings (SSSR count). The highest BCUT2D eigenvalue weighted by molar-refractivity contribution is 5.40. The van der Waals surface area contributed by atoms with Crippen LogP contribution in [0.5, 0.6) is 0 Å². The van der Waals surface area contributed by atoms with Gasteiger partial charge in [-0.1, -0.05) is 11.2 Å². The molecule has 1 aromatic carbocycles. The number of nitro groups is 1. The summed E-state index contributed by atoms with van der Waals surface area (Å²) >= 11 is 0. The average molecular weight is 196 g/mol. The van der Waals surface area contributed by atoms with E-state index < -0.39 is 10.7 Å². The normalized spacial score (nSPS) is 9.21. The maximum absolute atomic E-state index is 13.0. The second kappa shape index (κ2) is 4.20. The van der Waals surface area contributed by atoms with Crippen LogP contribution in [0.2, 0.25) is 0 Å². The van der Waals surface area contributed by atoms with Crippen molar-refractivity contribution in [3.05, 3.63) is 50.1 Å². The number of nitro benzene ring substituents is 1. The van der Waals surface area contributed by atoms with Crippen molar-refractivity contribution in [1.29, 1.82) is 0 Å². The Hall–Kier alpha value is -2.14. The number of rotatable bonds is 3. The van der Waals surface area contributed by atoms with E-state index in [9.17, 15) is 14.5 Å². The third-order valence-electron chi connectivity index (χ3n) is 1.58. The van der Waals surface area contributed by atoms with Gasteiger partial charge in [-0.25, -0.2) is 4.39 Å². The Labute approximate surface area is 77.7 Å². The average Bonchev–Trinajstić information content (AvgIpc) is 2.15. The maximum Gasteiger partial charge on any atom is 0.275 e. The molecule has 7 heteroatoms. The molecule has 0 saturated heterocycles. The molecule has 72 valence electrons. The first-order valence-electron chi connectivity index (χ1n) is 3.59. The molecule has 0 unspecified atom stereocenters. The number of halogens is 1. The largest absolute Gasteiger partial charge is 0.275 e. The molecule has 0 aliphatic rings. The summed E-state index contributed by atoms with van der Waals surface area (Å²) in [6.07, 6.45) is 0. The molecule has 0 aliphatic carbocycles. The molecule has 0 heterocycles. The molecule has 14 heavy (non-hydrogen) atoms. The molecule has 0 aliphatic heterocycles. The van der Waals surface area contributed by atoms with Crippen LogP contribution < -0.4 is 0 Å². The third-order valence-corrected chi connectivity index (χ3v) is 1.58. The van der Waals surface area contributed by atoms with Crippen LogP contribution in [0.1, 0.15) is 5.56 Å². The number of nitrogens with zero attached hydrogens (tertiary/aromatic N) is 4. The second-order valence-corrected chi connectivity index (χ2v) is 2.38. The minimum Gasteiger partial charge on any atom is -0.258 e. The van der Waals surface area contributed by atoms with Crippen molar-refractivity contribution in [3.63, 3.8) is 0 Å². The Balaban J connectivity index is 3.21. The summed E-state index contributed by atoms with van der Waals surface area (Å²) in [5.41, 5.74) is 7.44. The number of benzene rings is 1. The van der Waals surface area contributed by atoms with E-state index in [2.05, 4.69) is 10.0 Å². The van der Waals surface area contributed by atoms with Gasteiger partial charge in [0.2, 0.25) is 0 Å². The highest BCUT2D eigenvalue weighted by Gasteiger charge is 2.16. The summed E-state index contributed by atoms with van der Waals surface area (Å²) in [7, 11) is 0. The molecule has 0 amide bonds. The zero-order valence-electron chi connectivity index (χ0n) is 6.92.